The Bertz CT molecular complexity index is 781. The molecule has 1 N–H and O–H groups in total. The Morgan fingerprint density at radius 3 is 2.87 bits per heavy atom. The van der Waals surface area contributed by atoms with Crippen LogP contribution in [-0.2, 0) is 17.8 Å². The Hall–Kier alpha value is -2.53. The highest BCUT2D eigenvalue weighted by atomic mass is 35.5. The number of carbonyl (C=O) groups excluding carboxylic acids is 1. The lowest BCUT2D eigenvalue weighted by atomic mass is 10.2. The monoisotopic (exact) mass is 330 g/mol. The van der Waals surface area contributed by atoms with Crippen LogP contribution in [-0.4, -0.2) is 10.9 Å². The maximum atomic E-state index is 11.8. The third-order valence-electron chi connectivity index (χ3n) is 3.30. The lowest BCUT2D eigenvalue weighted by Crippen LogP contribution is -2.22. The molecule has 6 heteroatoms. The molecule has 5 nitrogen and oxygen atoms in total. The van der Waals surface area contributed by atoms with E-state index in [4.69, 9.17) is 20.4 Å². The predicted octanol–water partition coefficient (Wildman–Crippen LogP) is 3.84. The minimum atomic E-state index is -0.0844. The summed E-state index contributed by atoms with van der Waals surface area (Å²) in [6.07, 6.45) is 3.92. The van der Waals surface area contributed by atoms with Gasteiger partial charge in [-0.3, -0.25) is 4.79 Å². The molecule has 0 radical (unpaired) electrons. The first-order valence-electron chi connectivity index (χ1n) is 7.21. The predicted molar refractivity (Wildman–Crippen MR) is 85.8 cm³/mol. The second kappa shape index (κ2) is 7.15. The molecule has 0 spiro atoms. The summed E-state index contributed by atoms with van der Waals surface area (Å²) in [5, 5.41) is 3.38. The number of nitrogens with zero attached hydrogens (tertiary/aromatic N) is 1. The molecule has 0 aliphatic heterocycles. The Labute approximate surface area is 138 Å². The molecule has 1 aromatic carbocycles. The smallest absolute Gasteiger partial charge is 0.220 e. The van der Waals surface area contributed by atoms with E-state index in [1.54, 1.807) is 24.6 Å². The molecule has 0 aliphatic carbocycles. The Kier molecular flexibility index (Phi) is 4.78. The van der Waals surface area contributed by atoms with Crippen LogP contribution in [0.25, 0.3) is 11.3 Å². The van der Waals surface area contributed by atoms with E-state index in [2.05, 4.69) is 10.3 Å². The fourth-order valence-corrected chi connectivity index (χ4v) is 2.35. The number of aryl methyl sites for hydroxylation is 1. The number of nitrogens with one attached hydrogen (secondary N) is 1. The summed E-state index contributed by atoms with van der Waals surface area (Å²) in [6, 6.07) is 11.0. The molecule has 0 saturated carbocycles. The number of aromatic nitrogens is 1. The van der Waals surface area contributed by atoms with Gasteiger partial charge in [0, 0.05) is 18.4 Å². The van der Waals surface area contributed by atoms with Gasteiger partial charge in [0.1, 0.15) is 5.76 Å². The molecular formula is C17H15ClN2O3. The molecular weight excluding hydrogens is 316 g/mol. The second-order valence-electron chi connectivity index (χ2n) is 4.95. The van der Waals surface area contributed by atoms with Crippen molar-refractivity contribution in [2.24, 2.45) is 0 Å². The molecule has 0 aliphatic rings. The lowest BCUT2D eigenvalue weighted by molar-refractivity contribution is -0.121. The molecule has 1 amide bonds. The van der Waals surface area contributed by atoms with Crippen molar-refractivity contribution in [2.45, 2.75) is 19.4 Å². The van der Waals surface area contributed by atoms with Gasteiger partial charge in [-0.2, -0.15) is 0 Å². The SMILES string of the molecule is O=C(CCc1ncc(-c2ccccc2Cl)o1)NCc1ccco1. The summed E-state index contributed by atoms with van der Waals surface area (Å²) in [7, 11) is 0. The number of hydrogen-bond donors (Lipinski definition) is 1. The second-order valence-corrected chi connectivity index (χ2v) is 5.36. The summed E-state index contributed by atoms with van der Waals surface area (Å²) in [4.78, 5) is 16.0. The van der Waals surface area contributed by atoms with Crippen molar-refractivity contribution in [3.63, 3.8) is 0 Å². The Morgan fingerprint density at radius 1 is 1.22 bits per heavy atom. The minimum Gasteiger partial charge on any atom is -0.467 e. The quantitative estimate of drug-likeness (QED) is 0.745. The van der Waals surface area contributed by atoms with Crippen LogP contribution in [0.5, 0.6) is 0 Å². The van der Waals surface area contributed by atoms with Gasteiger partial charge in [0.05, 0.1) is 24.0 Å². The van der Waals surface area contributed by atoms with Crippen LogP contribution in [0.2, 0.25) is 5.02 Å². The Morgan fingerprint density at radius 2 is 2.09 bits per heavy atom. The molecule has 2 aromatic heterocycles. The molecule has 0 atom stereocenters. The molecule has 0 saturated heterocycles. The number of amides is 1. The fourth-order valence-electron chi connectivity index (χ4n) is 2.12. The van der Waals surface area contributed by atoms with E-state index in [1.165, 1.54) is 0 Å². The van der Waals surface area contributed by atoms with Crippen molar-refractivity contribution in [1.82, 2.24) is 10.3 Å². The standard InChI is InChI=1S/C17H15ClN2O3/c18-14-6-2-1-5-13(14)15-11-20-17(23-15)8-7-16(21)19-10-12-4-3-9-22-12/h1-6,9,11H,7-8,10H2,(H,19,21). The zero-order valence-electron chi connectivity index (χ0n) is 12.3. The van der Waals surface area contributed by atoms with Crippen LogP contribution in [0, 0.1) is 0 Å². The van der Waals surface area contributed by atoms with Gasteiger partial charge < -0.3 is 14.2 Å². The number of benzene rings is 1. The average Bonchev–Trinajstić information content (AvgIpc) is 3.23. The third-order valence-corrected chi connectivity index (χ3v) is 3.63. The summed E-state index contributed by atoms with van der Waals surface area (Å²) < 4.78 is 10.8. The highest BCUT2D eigenvalue weighted by molar-refractivity contribution is 6.33. The van der Waals surface area contributed by atoms with Gasteiger partial charge in [0.2, 0.25) is 5.91 Å². The van der Waals surface area contributed by atoms with Gasteiger partial charge in [-0.1, -0.05) is 23.7 Å². The number of carbonyl (C=O) groups is 1. The van der Waals surface area contributed by atoms with E-state index in [-0.39, 0.29) is 5.91 Å². The van der Waals surface area contributed by atoms with Gasteiger partial charge in [0.15, 0.2) is 11.7 Å². The highest BCUT2D eigenvalue weighted by Gasteiger charge is 2.11. The number of oxazole rings is 1. The van der Waals surface area contributed by atoms with Crippen molar-refractivity contribution in [3.8, 4) is 11.3 Å². The van der Waals surface area contributed by atoms with Crippen molar-refractivity contribution in [3.05, 3.63) is 65.5 Å². The van der Waals surface area contributed by atoms with Gasteiger partial charge in [0.25, 0.3) is 0 Å². The maximum Gasteiger partial charge on any atom is 0.220 e. The van der Waals surface area contributed by atoms with Crippen molar-refractivity contribution in [1.29, 1.82) is 0 Å². The number of furan rings is 1. The maximum absolute atomic E-state index is 11.8. The van der Waals surface area contributed by atoms with Crippen LogP contribution in [0.4, 0.5) is 0 Å². The molecule has 0 fully saturated rings. The van der Waals surface area contributed by atoms with Crippen molar-refractivity contribution >= 4 is 17.5 Å². The van der Waals surface area contributed by atoms with Gasteiger partial charge in [-0.05, 0) is 24.3 Å². The number of hydrogen-bond acceptors (Lipinski definition) is 4. The molecule has 118 valence electrons. The fraction of sp³-hybridized carbons (Fsp3) is 0.176. The van der Waals surface area contributed by atoms with E-state index in [1.807, 2.05) is 24.3 Å². The van der Waals surface area contributed by atoms with Crippen LogP contribution < -0.4 is 5.32 Å². The Balaban J connectivity index is 1.53. The largest absolute Gasteiger partial charge is 0.467 e. The topological polar surface area (TPSA) is 68.3 Å². The van der Waals surface area contributed by atoms with E-state index >= 15 is 0 Å². The summed E-state index contributed by atoms with van der Waals surface area (Å²) in [5.74, 6) is 1.74. The van der Waals surface area contributed by atoms with Crippen molar-refractivity contribution < 1.29 is 13.6 Å². The zero-order chi connectivity index (χ0) is 16.1. The third kappa shape index (κ3) is 4.02. The average molecular weight is 331 g/mol. The first-order chi connectivity index (χ1) is 11.2. The molecule has 23 heavy (non-hydrogen) atoms. The van der Waals surface area contributed by atoms with Gasteiger partial charge in [-0.25, -0.2) is 4.98 Å². The van der Waals surface area contributed by atoms with Crippen LogP contribution in [0.3, 0.4) is 0 Å². The minimum absolute atomic E-state index is 0.0844. The van der Waals surface area contributed by atoms with Crippen LogP contribution >= 0.6 is 11.6 Å². The summed E-state index contributed by atoms with van der Waals surface area (Å²) >= 11 is 6.12. The summed E-state index contributed by atoms with van der Waals surface area (Å²) in [6.45, 7) is 0.377. The van der Waals surface area contributed by atoms with Gasteiger partial charge >= 0.3 is 0 Å². The van der Waals surface area contributed by atoms with E-state index in [9.17, 15) is 4.79 Å². The normalized spacial score (nSPS) is 10.7. The molecule has 3 rings (SSSR count). The van der Waals surface area contributed by atoms with E-state index in [0.29, 0.717) is 36.1 Å². The van der Waals surface area contributed by atoms with Crippen LogP contribution in [0.15, 0.2) is 57.7 Å². The highest BCUT2D eigenvalue weighted by Crippen LogP contribution is 2.28. The first-order valence-corrected chi connectivity index (χ1v) is 7.59. The molecule has 3 aromatic rings. The lowest BCUT2D eigenvalue weighted by Gasteiger charge is -2.02. The zero-order valence-corrected chi connectivity index (χ0v) is 13.0. The van der Waals surface area contributed by atoms with Crippen LogP contribution in [0.1, 0.15) is 18.1 Å². The van der Waals surface area contributed by atoms with Crippen molar-refractivity contribution in [2.75, 3.05) is 0 Å². The van der Waals surface area contributed by atoms with Gasteiger partial charge in [-0.15, -0.1) is 0 Å². The number of rotatable bonds is 6. The molecule has 0 unspecified atom stereocenters. The summed E-state index contributed by atoms with van der Waals surface area (Å²) in [5.41, 5.74) is 0.787. The van der Waals surface area contributed by atoms with E-state index in [0.717, 1.165) is 11.3 Å². The molecule has 0 bridgehead atoms. The molecule has 2 heterocycles. The first kappa shape index (κ1) is 15.4. The number of halogens is 1. The van der Waals surface area contributed by atoms with E-state index < -0.39 is 0 Å².